The minimum absolute atomic E-state index is 0.0132. The third-order valence-electron chi connectivity index (χ3n) is 5.74. The summed E-state index contributed by atoms with van der Waals surface area (Å²) < 4.78 is 0. The van der Waals surface area contributed by atoms with E-state index in [-0.39, 0.29) is 18.4 Å². The Morgan fingerprint density at radius 1 is 1.14 bits per heavy atom. The zero-order valence-corrected chi connectivity index (χ0v) is 17.2. The molecule has 2 aromatic rings. The van der Waals surface area contributed by atoms with Gasteiger partial charge in [0.05, 0.1) is 0 Å². The quantitative estimate of drug-likeness (QED) is 0.803. The summed E-state index contributed by atoms with van der Waals surface area (Å²) in [6.45, 7) is 1.93. The Bertz CT molecular complexity index is 980. The smallest absolute Gasteiger partial charge is 0.275 e. The molecule has 0 saturated heterocycles. The molecule has 1 N–H and O–H groups in total. The summed E-state index contributed by atoms with van der Waals surface area (Å²) in [5, 5.41) is 3.50. The van der Waals surface area contributed by atoms with Crippen molar-refractivity contribution >= 4 is 34.8 Å². The van der Waals surface area contributed by atoms with Crippen molar-refractivity contribution in [2.75, 3.05) is 11.9 Å². The van der Waals surface area contributed by atoms with E-state index < -0.39 is 5.66 Å². The van der Waals surface area contributed by atoms with E-state index in [9.17, 15) is 9.59 Å². The van der Waals surface area contributed by atoms with E-state index in [1.807, 2.05) is 43.3 Å². The van der Waals surface area contributed by atoms with E-state index >= 15 is 0 Å². The number of carbonyl (C=O) groups is 2. The standard InChI is InChI=1S/C23H24ClN3O2/c1-16-8-3-4-11-19(16)25-20(28)15-27-22(29)21(17-9-7-10-18(24)14-17)26-23(27)12-5-2-6-13-23/h3-4,7-11,14H,2,5-6,12-13,15H2,1H3,(H,25,28). The Hall–Kier alpha value is -2.66. The van der Waals surface area contributed by atoms with Gasteiger partial charge in [-0.15, -0.1) is 0 Å². The Labute approximate surface area is 175 Å². The number of halogens is 1. The highest BCUT2D eigenvalue weighted by Crippen LogP contribution is 2.39. The first-order valence-electron chi connectivity index (χ1n) is 10.0. The summed E-state index contributed by atoms with van der Waals surface area (Å²) in [7, 11) is 0. The Balaban J connectivity index is 1.60. The molecule has 5 nitrogen and oxygen atoms in total. The van der Waals surface area contributed by atoms with Gasteiger partial charge < -0.3 is 10.2 Å². The molecular weight excluding hydrogens is 386 g/mol. The molecule has 4 rings (SSSR count). The van der Waals surface area contributed by atoms with Crippen molar-refractivity contribution in [3.8, 4) is 0 Å². The SMILES string of the molecule is Cc1ccccc1NC(=O)CN1C(=O)C(c2cccc(Cl)c2)=NC12CCCCC2. The summed E-state index contributed by atoms with van der Waals surface area (Å²) in [5.41, 5.74) is 2.22. The number of aliphatic imine (C=N–C) groups is 1. The molecule has 2 aromatic carbocycles. The number of nitrogens with one attached hydrogen (secondary N) is 1. The van der Waals surface area contributed by atoms with E-state index in [1.54, 1.807) is 17.0 Å². The minimum atomic E-state index is -0.629. The zero-order valence-electron chi connectivity index (χ0n) is 16.5. The van der Waals surface area contributed by atoms with Crippen molar-refractivity contribution < 1.29 is 9.59 Å². The molecule has 0 bridgehead atoms. The maximum Gasteiger partial charge on any atom is 0.275 e. The van der Waals surface area contributed by atoms with Gasteiger partial charge in [-0.05, 0) is 56.4 Å². The fourth-order valence-corrected chi connectivity index (χ4v) is 4.41. The lowest BCUT2D eigenvalue weighted by Gasteiger charge is -2.38. The number of hydrogen-bond donors (Lipinski definition) is 1. The van der Waals surface area contributed by atoms with Crippen LogP contribution in [0.25, 0.3) is 0 Å². The van der Waals surface area contributed by atoms with Crippen molar-refractivity contribution in [1.82, 2.24) is 4.90 Å². The maximum absolute atomic E-state index is 13.3. The van der Waals surface area contributed by atoms with Crippen LogP contribution < -0.4 is 5.32 Å². The van der Waals surface area contributed by atoms with Crippen LogP contribution >= 0.6 is 11.6 Å². The monoisotopic (exact) mass is 409 g/mol. The number of benzene rings is 2. The number of para-hydroxylation sites is 1. The summed E-state index contributed by atoms with van der Waals surface area (Å²) in [6.07, 6.45) is 4.67. The molecule has 6 heteroatoms. The van der Waals surface area contributed by atoms with Crippen molar-refractivity contribution in [2.45, 2.75) is 44.7 Å². The van der Waals surface area contributed by atoms with Crippen LogP contribution in [0.3, 0.4) is 0 Å². The molecule has 1 fully saturated rings. The highest BCUT2D eigenvalue weighted by atomic mass is 35.5. The van der Waals surface area contributed by atoms with E-state index in [1.165, 1.54) is 0 Å². The van der Waals surface area contributed by atoms with Crippen molar-refractivity contribution in [3.05, 3.63) is 64.7 Å². The molecule has 0 atom stereocenters. The van der Waals surface area contributed by atoms with Crippen LogP contribution in [0.5, 0.6) is 0 Å². The molecule has 29 heavy (non-hydrogen) atoms. The number of amides is 2. The van der Waals surface area contributed by atoms with Gasteiger partial charge in [0.15, 0.2) is 0 Å². The minimum Gasteiger partial charge on any atom is -0.324 e. The first-order valence-corrected chi connectivity index (χ1v) is 10.4. The Morgan fingerprint density at radius 3 is 2.62 bits per heavy atom. The Morgan fingerprint density at radius 2 is 1.90 bits per heavy atom. The van der Waals surface area contributed by atoms with Gasteiger partial charge >= 0.3 is 0 Å². The second kappa shape index (κ2) is 7.99. The van der Waals surface area contributed by atoms with Gasteiger partial charge in [-0.3, -0.25) is 14.6 Å². The number of hydrogen-bond acceptors (Lipinski definition) is 3. The first kappa shape index (κ1) is 19.6. The van der Waals surface area contributed by atoms with Crippen LogP contribution in [0, 0.1) is 6.92 Å². The predicted octanol–water partition coefficient (Wildman–Crippen LogP) is 4.58. The van der Waals surface area contributed by atoms with E-state index in [2.05, 4.69) is 5.32 Å². The third-order valence-corrected chi connectivity index (χ3v) is 5.98. The molecule has 0 aromatic heterocycles. The van der Waals surface area contributed by atoms with Gasteiger partial charge in [0.1, 0.15) is 17.9 Å². The summed E-state index contributed by atoms with van der Waals surface area (Å²) in [6, 6.07) is 14.8. The normalized spacial score (nSPS) is 18.1. The Kier molecular flexibility index (Phi) is 5.41. The third kappa shape index (κ3) is 3.92. The highest BCUT2D eigenvalue weighted by molar-refractivity contribution is 6.47. The zero-order chi connectivity index (χ0) is 20.4. The molecule has 2 amide bonds. The fourth-order valence-electron chi connectivity index (χ4n) is 4.22. The molecule has 2 aliphatic rings. The van der Waals surface area contributed by atoms with Crippen LogP contribution in [0.2, 0.25) is 5.02 Å². The van der Waals surface area contributed by atoms with Crippen LogP contribution in [-0.2, 0) is 9.59 Å². The molecule has 1 spiro atoms. The van der Waals surface area contributed by atoms with Crippen molar-refractivity contribution in [3.63, 3.8) is 0 Å². The number of anilines is 1. The maximum atomic E-state index is 13.3. The van der Waals surface area contributed by atoms with Crippen LogP contribution in [0.1, 0.15) is 43.2 Å². The van der Waals surface area contributed by atoms with Gasteiger partial charge in [0, 0.05) is 16.3 Å². The average Bonchev–Trinajstić information content (AvgIpc) is 2.96. The lowest BCUT2D eigenvalue weighted by Crippen LogP contribution is -2.51. The first-order chi connectivity index (χ1) is 14.0. The van der Waals surface area contributed by atoms with Gasteiger partial charge in [0.25, 0.3) is 5.91 Å². The molecular formula is C23H24ClN3O2. The molecule has 0 unspecified atom stereocenters. The average molecular weight is 410 g/mol. The van der Waals surface area contributed by atoms with Gasteiger partial charge in [0.2, 0.25) is 5.91 Å². The topological polar surface area (TPSA) is 61.8 Å². The fraction of sp³-hybridized carbons (Fsp3) is 0.348. The van der Waals surface area contributed by atoms with Crippen LogP contribution in [-0.4, -0.2) is 34.6 Å². The van der Waals surface area contributed by atoms with Gasteiger partial charge in [-0.25, -0.2) is 0 Å². The molecule has 150 valence electrons. The molecule has 1 aliphatic carbocycles. The van der Waals surface area contributed by atoms with Crippen LogP contribution in [0.15, 0.2) is 53.5 Å². The van der Waals surface area contributed by atoms with Crippen molar-refractivity contribution in [1.29, 1.82) is 0 Å². The lowest BCUT2D eigenvalue weighted by molar-refractivity contribution is -0.134. The van der Waals surface area contributed by atoms with E-state index in [0.717, 1.165) is 43.4 Å². The van der Waals surface area contributed by atoms with Crippen molar-refractivity contribution in [2.24, 2.45) is 4.99 Å². The summed E-state index contributed by atoms with van der Waals surface area (Å²) in [4.78, 5) is 32.7. The number of carbonyl (C=O) groups excluding carboxylic acids is 2. The summed E-state index contributed by atoms with van der Waals surface area (Å²) in [5.74, 6) is -0.408. The highest BCUT2D eigenvalue weighted by Gasteiger charge is 2.48. The second-order valence-corrected chi connectivity index (χ2v) is 8.20. The largest absolute Gasteiger partial charge is 0.324 e. The second-order valence-electron chi connectivity index (χ2n) is 7.77. The molecule has 1 aliphatic heterocycles. The van der Waals surface area contributed by atoms with E-state index in [4.69, 9.17) is 16.6 Å². The van der Waals surface area contributed by atoms with Crippen LogP contribution in [0.4, 0.5) is 5.69 Å². The number of aryl methyl sites for hydroxylation is 1. The molecule has 0 radical (unpaired) electrons. The molecule has 1 saturated carbocycles. The number of nitrogens with zero attached hydrogens (tertiary/aromatic N) is 2. The number of rotatable bonds is 4. The predicted molar refractivity (Wildman–Crippen MR) is 115 cm³/mol. The molecule has 1 heterocycles. The summed E-state index contributed by atoms with van der Waals surface area (Å²) >= 11 is 6.13. The van der Waals surface area contributed by atoms with Gasteiger partial charge in [-0.2, -0.15) is 0 Å². The lowest BCUT2D eigenvalue weighted by atomic mass is 9.88. The van der Waals surface area contributed by atoms with E-state index in [0.29, 0.717) is 16.3 Å². The van der Waals surface area contributed by atoms with Gasteiger partial charge in [-0.1, -0.05) is 48.4 Å².